The topological polar surface area (TPSA) is 41.1 Å². The van der Waals surface area contributed by atoms with Crippen molar-refractivity contribution < 1.29 is 9.30 Å². The van der Waals surface area contributed by atoms with Crippen molar-refractivity contribution >= 4 is 16.5 Å². The van der Waals surface area contributed by atoms with E-state index >= 15 is 0 Å². The maximum absolute atomic E-state index is 5.44. The number of rotatable bonds is 4. The third-order valence-corrected chi connectivity index (χ3v) is 3.72. The summed E-state index contributed by atoms with van der Waals surface area (Å²) in [7, 11) is 7.62. The van der Waals surface area contributed by atoms with Gasteiger partial charge in [-0.3, -0.25) is 0 Å². The van der Waals surface area contributed by atoms with Gasteiger partial charge in [0.15, 0.2) is 0 Å². The molecule has 20 heavy (non-hydrogen) atoms. The van der Waals surface area contributed by atoms with Crippen LogP contribution >= 0.6 is 11.3 Å². The van der Waals surface area contributed by atoms with E-state index in [9.17, 15) is 0 Å². The number of hydrogen-bond donors (Lipinski definition) is 0. The van der Waals surface area contributed by atoms with Crippen molar-refractivity contribution in [1.82, 2.24) is 4.90 Å². The minimum atomic E-state index is 0.799. The van der Waals surface area contributed by atoms with Crippen molar-refractivity contribution in [3.05, 3.63) is 47.0 Å². The molecule has 0 saturated heterocycles. The highest BCUT2D eigenvalue weighted by Crippen LogP contribution is 2.22. The van der Waals surface area contributed by atoms with E-state index in [1.165, 1.54) is 0 Å². The number of ether oxygens (including phenoxy) is 1. The largest absolute Gasteiger partial charge is 0.495 e. The van der Waals surface area contributed by atoms with Gasteiger partial charge in [0, 0.05) is 25.6 Å². The summed E-state index contributed by atoms with van der Waals surface area (Å²) in [6.07, 6.45) is 8.83. The van der Waals surface area contributed by atoms with Gasteiger partial charge in [-0.1, -0.05) is 12.2 Å². The van der Waals surface area contributed by atoms with Crippen molar-refractivity contribution in [3.8, 4) is 0 Å². The van der Waals surface area contributed by atoms with Gasteiger partial charge in [-0.15, -0.1) is 0 Å². The van der Waals surface area contributed by atoms with Gasteiger partial charge in [0.2, 0.25) is 0 Å². The van der Waals surface area contributed by atoms with Crippen LogP contribution in [0.25, 0.3) is 0 Å². The summed E-state index contributed by atoms with van der Waals surface area (Å²) >= 11 is 1.56. The first-order valence-electron chi connectivity index (χ1n) is 6.30. The molecule has 0 saturated carbocycles. The standard InChI is InChI=1S/C14H19N4OS/c1-17(2)12-7-5-6-11(10-13(12)19-4)15-16-14-18(3)8-9-20-14/h6-10H,5H2,1-4H3/q+1. The molecule has 0 bridgehead atoms. The molecule has 6 heteroatoms. The number of aryl methyl sites for hydroxylation is 1. The lowest BCUT2D eigenvalue weighted by molar-refractivity contribution is -0.654. The van der Waals surface area contributed by atoms with Crippen LogP contribution in [-0.4, -0.2) is 26.1 Å². The summed E-state index contributed by atoms with van der Waals surface area (Å²) in [5.41, 5.74) is 1.86. The Morgan fingerprint density at radius 2 is 2.10 bits per heavy atom. The van der Waals surface area contributed by atoms with Crippen molar-refractivity contribution in [2.45, 2.75) is 6.42 Å². The Morgan fingerprint density at radius 1 is 1.30 bits per heavy atom. The molecule has 0 amide bonds. The van der Waals surface area contributed by atoms with Crippen LogP contribution in [0.2, 0.25) is 0 Å². The van der Waals surface area contributed by atoms with E-state index in [1.807, 2.05) is 54.3 Å². The fourth-order valence-corrected chi connectivity index (χ4v) is 2.50. The summed E-state index contributed by atoms with van der Waals surface area (Å²) in [5, 5.41) is 11.4. The Balaban J connectivity index is 2.22. The van der Waals surface area contributed by atoms with Gasteiger partial charge < -0.3 is 9.64 Å². The van der Waals surface area contributed by atoms with Gasteiger partial charge in [-0.2, -0.15) is 0 Å². The zero-order chi connectivity index (χ0) is 14.5. The lowest BCUT2D eigenvalue weighted by Crippen LogP contribution is -2.23. The summed E-state index contributed by atoms with van der Waals surface area (Å²) in [4.78, 5) is 2.03. The van der Waals surface area contributed by atoms with Crippen LogP contribution in [0, 0.1) is 0 Å². The van der Waals surface area contributed by atoms with Crippen LogP contribution in [0.3, 0.4) is 0 Å². The average molecular weight is 291 g/mol. The molecule has 2 rings (SSSR count). The minimum absolute atomic E-state index is 0.799. The van der Waals surface area contributed by atoms with E-state index in [4.69, 9.17) is 4.74 Å². The zero-order valence-electron chi connectivity index (χ0n) is 12.2. The third-order valence-electron chi connectivity index (χ3n) is 2.88. The second-order valence-corrected chi connectivity index (χ2v) is 5.43. The molecule has 1 aliphatic rings. The Morgan fingerprint density at radius 3 is 2.70 bits per heavy atom. The Hall–Kier alpha value is -1.95. The average Bonchev–Trinajstić information content (AvgIpc) is 2.72. The van der Waals surface area contributed by atoms with Gasteiger partial charge in [0.1, 0.15) is 17.7 Å². The molecular formula is C14H19N4OS+. The molecule has 1 aromatic heterocycles. The maximum atomic E-state index is 5.44. The summed E-state index contributed by atoms with van der Waals surface area (Å²) in [5.74, 6) is 0.799. The van der Waals surface area contributed by atoms with E-state index in [1.54, 1.807) is 18.4 Å². The molecule has 0 atom stereocenters. The monoisotopic (exact) mass is 291 g/mol. The number of azo groups is 1. The molecule has 0 radical (unpaired) electrons. The Kier molecular flexibility index (Phi) is 4.68. The highest BCUT2D eigenvalue weighted by Gasteiger charge is 2.13. The van der Waals surface area contributed by atoms with Crippen LogP contribution in [0.1, 0.15) is 6.42 Å². The van der Waals surface area contributed by atoms with Crippen LogP contribution in [0.15, 0.2) is 57.2 Å². The minimum Gasteiger partial charge on any atom is -0.495 e. The number of hydrogen-bond acceptors (Lipinski definition) is 5. The van der Waals surface area contributed by atoms with Crippen LogP contribution in [0.4, 0.5) is 5.13 Å². The molecule has 0 unspecified atom stereocenters. The zero-order valence-corrected chi connectivity index (χ0v) is 13.0. The number of nitrogens with zero attached hydrogens (tertiary/aromatic N) is 4. The molecule has 1 heterocycles. The predicted octanol–water partition coefficient (Wildman–Crippen LogP) is 2.92. The van der Waals surface area contributed by atoms with E-state index in [0.717, 1.165) is 28.7 Å². The number of allylic oxidation sites excluding steroid dienone is 3. The van der Waals surface area contributed by atoms with E-state index in [-0.39, 0.29) is 0 Å². The first-order chi connectivity index (χ1) is 9.61. The number of likely N-dealkylation sites (N-methyl/N-ethyl adjacent to an activating group) is 1. The van der Waals surface area contributed by atoms with E-state index in [0.29, 0.717) is 0 Å². The van der Waals surface area contributed by atoms with Gasteiger partial charge in [0.05, 0.1) is 25.0 Å². The highest BCUT2D eigenvalue weighted by molar-refractivity contribution is 7.12. The van der Waals surface area contributed by atoms with Crippen molar-refractivity contribution in [2.24, 2.45) is 17.3 Å². The van der Waals surface area contributed by atoms with Gasteiger partial charge in [0.25, 0.3) is 0 Å². The van der Waals surface area contributed by atoms with Crippen LogP contribution in [-0.2, 0) is 11.8 Å². The quantitative estimate of drug-likeness (QED) is 0.632. The van der Waals surface area contributed by atoms with Crippen LogP contribution in [0.5, 0.6) is 0 Å². The summed E-state index contributed by atoms with van der Waals surface area (Å²) in [6.45, 7) is 0. The van der Waals surface area contributed by atoms with Crippen molar-refractivity contribution in [2.75, 3.05) is 21.2 Å². The Bertz CT molecular complexity index is 596. The molecule has 0 fully saturated rings. The fourth-order valence-electron chi connectivity index (χ4n) is 1.82. The highest BCUT2D eigenvalue weighted by atomic mass is 32.1. The first kappa shape index (κ1) is 14.5. The third kappa shape index (κ3) is 3.33. The fraction of sp³-hybridized carbons (Fsp3) is 0.357. The molecule has 5 nitrogen and oxygen atoms in total. The second-order valence-electron chi connectivity index (χ2n) is 4.56. The molecule has 0 spiro atoms. The van der Waals surface area contributed by atoms with Crippen molar-refractivity contribution in [3.63, 3.8) is 0 Å². The van der Waals surface area contributed by atoms with E-state index < -0.39 is 0 Å². The molecule has 0 aliphatic heterocycles. The predicted molar refractivity (Wildman–Crippen MR) is 79.6 cm³/mol. The number of thiazole rings is 1. The first-order valence-corrected chi connectivity index (χ1v) is 7.18. The smallest absolute Gasteiger partial charge is 0.408 e. The van der Waals surface area contributed by atoms with E-state index in [2.05, 4.69) is 16.3 Å². The molecule has 1 aromatic rings. The van der Waals surface area contributed by atoms with Crippen molar-refractivity contribution in [1.29, 1.82) is 0 Å². The van der Waals surface area contributed by atoms with Gasteiger partial charge in [-0.05, 0) is 22.9 Å². The SMILES string of the molecule is COC1=CC(N=Nc2scc[n+]2C)=CCC=C1N(C)C. The molecule has 0 aromatic carbocycles. The lowest BCUT2D eigenvalue weighted by atomic mass is 10.3. The van der Waals surface area contributed by atoms with Gasteiger partial charge in [-0.25, -0.2) is 4.57 Å². The summed E-state index contributed by atoms with van der Waals surface area (Å²) < 4.78 is 7.38. The molecule has 106 valence electrons. The molecule has 0 N–H and O–H groups in total. The Labute approximate surface area is 123 Å². The normalized spacial score (nSPS) is 15.5. The second kappa shape index (κ2) is 6.47. The lowest BCUT2D eigenvalue weighted by Gasteiger charge is -2.18. The summed E-state index contributed by atoms with van der Waals surface area (Å²) in [6, 6.07) is 0. The van der Waals surface area contributed by atoms with Crippen LogP contribution < -0.4 is 4.57 Å². The molecular weight excluding hydrogens is 272 g/mol. The molecule has 1 aliphatic carbocycles. The number of aromatic nitrogens is 1. The van der Waals surface area contributed by atoms with Gasteiger partial charge >= 0.3 is 5.13 Å². The number of methoxy groups -OCH3 is 1. The maximum Gasteiger partial charge on any atom is 0.408 e.